The Balaban J connectivity index is 2.02. The predicted molar refractivity (Wildman–Crippen MR) is 76.4 cm³/mol. The van der Waals surface area contributed by atoms with Crippen LogP contribution < -0.4 is 5.32 Å². The number of likely N-dealkylation sites (tertiary alicyclic amines) is 1. The topological polar surface area (TPSA) is 69.6 Å². The number of carboxylic acids is 1. The summed E-state index contributed by atoms with van der Waals surface area (Å²) in [5, 5.41) is 11.4. The molecule has 0 spiro atoms. The number of rotatable bonds is 4. The van der Waals surface area contributed by atoms with E-state index >= 15 is 0 Å². The van der Waals surface area contributed by atoms with Crippen LogP contribution >= 0.6 is 0 Å². The van der Waals surface area contributed by atoms with Gasteiger partial charge in [0, 0.05) is 12.6 Å². The Morgan fingerprint density at radius 2 is 2.14 bits per heavy atom. The monoisotopic (exact) mass is 312 g/mol. The second kappa shape index (κ2) is 6.83. The number of carbonyl (C=O) groups excluding carboxylic acids is 1. The molecule has 2 unspecified atom stereocenters. The zero-order valence-corrected chi connectivity index (χ0v) is 12.2. The quantitative estimate of drug-likeness (QED) is 0.893. The summed E-state index contributed by atoms with van der Waals surface area (Å²) < 4.78 is 26.6. The largest absolute Gasteiger partial charge is 0.481 e. The number of benzene rings is 1. The second-order valence-corrected chi connectivity index (χ2v) is 5.46. The van der Waals surface area contributed by atoms with Gasteiger partial charge in [-0.2, -0.15) is 0 Å². The van der Waals surface area contributed by atoms with Crippen molar-refractivity contribution in [1.29, 1.82) is 0 Å². The fourth-order valence-corrected chi connectivity index (χ4v) is 2.56. The van der Waals surface area contributed by atoms with Crippen LogP contribution in [0.1, 0.15) is 19.8 Å². The minimum atomic E-state index is -0.881. The molecule has 1 aromatic carbocycles. The van der Waals surface area contributed by atoms with Crippen LogP contribution in [0.2, 0.25) is 0 Å². The third-order valence-electron chi connectivity index (χ3n) is 3.92. The van der Waals surface area contributed by atoms with Crippen molar-refractivity contribution in [2.75, 3.05) is 18.4 Å². The van der Waals surface area contributed by atoms with Crippen molar-refractivity contribution in [2.24, 2.45) is 5.92 Å². The van der Waals surface area contributed by atoms with E-state index in [1.807, 2.05) is 0 Å². The van der Waals surface area contributed by atoms with Crippen molar-refractivity contribution >= 4 is 17.6 Å². The lowest BCUT2D eigenvalue weighted by Crippen LogP contribution is -2.48. The smallest absolute Gasteiger partial charge is 0.307 e. The summed E-state index contributed by atoms with van der Waals surface area (Å²) in [5.74, 6) is -3.24. The van der Waals surface area contributed by atoms with Crippen LogP contribution in [0, 0.1) is 17.6 Å². The summed E-state index contributed by atoms with van der Waals surface area (Å²) in [7, 11) is 0. The standard InChI is InChI=1S/C15H18F2N2O3/c1-9(19-6-2-3-10(8-19)15(21)22)14(20)18-13-7-11(16)4-5-12(13)17/h4-5,7,9-10H,2-3,6,8H2,1H3,(H,18,20)(H,21,22). The number of halogens is 2. The maximum absolute atomic E-state index is 13.5. The number of amides is 1. The third kappa shape index (κ3) is 3.79. The summed E-state index contributed by atoms with van der Waals surface area (Å²) in [6, 6.07) is 2.20. The fourth-order valence-electron chi connectivity index (χ4n) is 2.56. The minimum Gasteiger partial charge on any atom is -0.481 e. The van der Waals surface area contributed by atoms with Crippen LogP contribution in [0.15, 0.2) is 18.2 Å². The van der Waals surface area contributed by atoms with Crippen molar-refractivity contribution < 1.29 is 23.5 Å². The summed E-state index contributed by atoms with van der Waals surface area (Å²) >= 11 is 0. The number of aliphatic carboxylic acids is 1. The Morgan fingerprint density at radius 3 is 2.82 bits per heavy atom. The molecule has 0 aromatic heterocycles. The number of carbonyl (C=O) groups is 2. The molecular weight excluding hydrogens is 294 g/mol. The SMILES string of the molecule is CC(C(=O)Nc1cc(F)ccc1F)N1CCCC(C(=O)O)C1. The molecule has 1 saturated heterocycles. The van der Waals surface area contributed by atoms with E-state index < -0.39 is 35.5 Å². The van der Waals surface area contributed by atoms with Crippen LogP contribution in [0.5, 0.6) is 0 Å². The van der Waals surface area contributed by atoms with Gasteiger partial charge in [0.2, 0.25) is 5.91 Å². The Morgan fingerprint density at radius 1 is 1.41 bits per heavy atom. The highest BCUT2D eigenvalue weighted by Gasteiger charge is 2.30. The molecule has 22 heavy (non-hydrogen) atoms. The second-order valence-electron chi connectivity index (χ2n) is 5.46. The first-order valence-electron chi connectivity index (χ1n) is 7.11. The number of hydrogen-bond donors (Lipinski definition) is 2. The molecule has 0 saturated carbocycles. The van der Waals surface area contributed by atoms with Gasteiger partial charge in [0.05, 0.1) is 17.6 Å². The van der Waals surface area contributed by atoms with Crippen LogP contribution in [-0.2, 0) is 9.59 Å². The molecule has 0 radical (unpaired) electrons. The molecule has 0 bridgehead atoms. The number of piperidine rings is 1. The molecule has 2 atom stereocenters. The van der Waals surface area contributed by atoms with Crippen molar-refractivity contribution in [3.8, 4) is 0 Å². The van der Waals surface area contributed by atoms with E-state index in [0.717, 1.165) is 18.2 Å². The molecule has 0 aliphatic carbocycles. The predicted octanol–water partition coefficient (Wildman–Crippen LogP) is 2.09. The molecule has 2 N–H and O–H groups in total. The highest BCUT2D eigenvalue weighted by atomic mass is 19.1. The van der Waals surface area contributed by atoms with Gasteiger partial charge in [-0.25, -0.2) is 8.78 Å². The molecule has 2 rings (SSSR count). The summed E-state index contributed by atoms with van der Waals surface area (Å²) in [6.45, 7) is 2.50. The first-order valence-corrected chi connectivity index (χ1v) is 7.11. The fraction of sp³-hybridized carbons (Fsp3) is 0.467. The average Bonchev–Trinajstić information content (AvgIpc) is 2.50. The van der Waals surface area contributed by atoms with Crippen molar-refractivity contribution in [3.63, 3.8) is 0 Å². The van der Waals surface area contributed by atoms with Gasteiger partial charge in [-0.1, -0.05) is 0 Å². The molecule has 1 aliphatic heterocycles. The van der Waals surface area contributed by atoms with Gasteiger partial charge >= 0.3 is 5.97 Å². The Hall–Kier alpha value is -2.02. The summed E-state index contributed by atoms with van der Waals surface area (Å²) in [4.78, 5) is 25.0. The van der Waals surface area contributed by atoms with Crippen LogP contribution in [0.3, 0.4) is 0 Å². The van der Waals surface area contributed by atoms with Crippen LogP contribution in [-0.4, -0.2) is 41.0 Å². The normalized spacial score (nSPS) is 20.4. The zero-order chi connectivity index (χ0) is 16.3. The highest BCUT2D eigenvalue weighted by molar-refractivity contribution is 5.94. The average molecular weight is 312 g/mol. The van der Waals surface area contributed by atoms with E-state index in [2.05, 4.69) is 5.32 Å². The van der Waals surface area contributed by atoms with E-state index in [1.165, 1.54) is 0 Å². The zero-order valence-electron chi connectivity index (χ0n) is 12.2. The van der Waals surface area contributed by atoms with E-state index in [0.29, 0.717) is 19.4 Å². The van der Waals surface area contributed by atoms with Crippen molar-refractivity contribution in [3.05, 3.63) is 29.8 Å². The number of hydrogen-bond acceptors (Lipinski definition) is 3. The lowest BCUT2D eigenvalue weighted by atomic mass is 9.97. The third-order valence-corrected chi connectivity index (χ3v) is 3.92. The van der Waals surface area contributed by atoms with Crippen molar-refractivity contribution in [1.82, 2.24) is 4.90 Å². The maximum Gasteiger partial charge on any atom is 0.307 e. The first kappa shape index (κ1) is 16.4. The van der Waals surface area contributed by atoms with Gasteiger partial charge in [-0.05, 0) is 38.4 Å². The molecule has 5 nitrogen and oxygen atoms in total. The van der Waals surface area contributed by atoms with Gasteiger partial charge in [0.25, 0.3) is 0 Å². The molecule has 1 aliphatic rings. The van der Waals surface area contributed by atoms with Gasteiger partial charge in [0.15, 0.2) is 0 Å². The number of carboxylic acid groups (broad SMARTS) is 1. The van der Waals surface area contributed by atoms with Crippen molar-refractivity contribution in [2.45, 2.75) is 25.8 Å². The number of nitrogens with one attached hydrogen (secondary N) is 1. The number of anilines is 1. The molecular formula is C15H18F2N2O3. The van der Waals surface area contributed by atoms with Crippen LogP contribution in [0.4, 0.5) is 14.5 Å². The van der Waals surface area contributed by atoms with E-state index in [-0.39, 0.29) is 12.2 Å². The Kier molecular flexibility index (Phi) is 5.07. The van der Waals surface area contributed by atoms with E-state index in [1.54, 1.807) is 11.8 Å². The Bertz CT molecular complexity index is 580. The first-order chi connectivity index (χ1) is 10.4. The van der Waals surface area contributed by atoms with E-state index in [4.69, 9.17) is 5.11 Å². The molecule has 7 heteroatoms. The van der Waals surface area contributed by atoms with Gasteiger partial charge in [-0.15, -0.1) is 0 Å². The summed E-state index contributed by atoms with van der Waals surface area (Å²) in [5.41, 5.74) is -0.219. The minimum absolute atomic E-state index is 0.219. The maximum atomic E-state index is 13.5. The van der Waals surface area contributed by atoms with Crippen LogP contribution in [0.25, 0.3) is 0 Å². The number of nitrogens with zero attached hydrogens (tertiary/aromatic N) is 1. The highest BCUT2D eigenvalue weighted by Crippen LogP contribution is 2.20. The lowest BCUT2D eigenvalue weighted by molar-refractivity contribution is -0.144. The molecule has 1 aromatic rings. The molecule has 120 valence electrons. The lowest BCUT2D eigenvalue weighted by Gasteiger charge is -2.34. The molecule has 1 heterocycles. The molecule has 1 amide bonds. The van der Waals surface area contributed by atoms with Gasteiger partial charge in [0.1, 0.15) is 11.6 Å². The van der Waals surface area contributed by atoms with Gasteiger partial charge in [-0.3, -0.25) is 14.5 Å². The summed E-state index contributed by atoms with van der Waals surface area (Å²) in [6.07, 6.45) is 1.27. The molecule has 1 fully saturated rings. The van der Waals surface area contributed by atoms with Gasteiger partial charge < -0.3 is 10.4 Å². The Labute approximate surface area is 126 Å². The van der Waals surface area contributed by atoms with E-state index in [9.17, 15) is 18.4 Å².